The Morgan fingerprint density at radius 2 is 2.33 bits per heavy atom. The van der Waals surface area contributed by atoms with Gasteiger partial charge in [0.05, 0.1) is 23.2 Å². The van der Waals surface area contributed by atoms with Crippen molar-refractivity contribution in [2.24, 2.45) is 0 Å². The zero-order valence-electron chi connectivity index (χ0n) is 7.71. The Balaban J connectivity index is 3.05. The van der Waals surface area contributed by atoms with Gasteiger partial charge in [-0.05, 0) is 12.1 Å². The molecule has 0 aliphatic heterocycles. The molecule has 0 aromatic heterocycles. The Kier molecular flexibility index (Phi) is 3.94. The molecular formula is C9H8N2O3S. The van der Waals surface area contributed by atoms with E-state index in [0.29, 0.717) is 5.75 Å². The van der Waals surface area contributed by atoms with Gasteiger partial charge in [-0.25, -0.2) is 0 Å². The molecule has 0 bridgehead atoms. The molecule has 0 N–H and O–H groups in total. The van der Waals surface area contributed by atoms with E-state index in [1.165, 1.54) is 18.2 Å². The molecule has 0 saturated carbocycles. The van der Waals surface area contributed by atoms with Crippen molar-refractivity contribution in [2.45, 2.75) is 0 Å². The van der Waals surface area contributed by atoms with Gasteiger partial charge in [0.2, 0.25) is 0 Å². The molecule has 0 unspecified atom stereocenters. The van der Waals surface area contributed by atoms with Gasteiger partial charge < -0.3 is 4.74 Å². The Hall–Kier alpha value is -1.74. The van der Waals surface area contributed by atoms with Crippen LogP contribution in [-0.4, -0.2) is 17.3 Å². The first-order chi connectivity index (χ1) is 7.19. The summed E-state index contributed by atoms with van der Waals surface area (Å²) >= 11 is 3.93. The highest BCUT2D eigenvalue weighted by atomic mass is 32.1. The van der Waals surface area contributed by atoms with Crippen molar-refractivity contribution >= 4 is 18.3 Å². The first-order valence-corrected chi connectivity index (χ1v) is 4.74. The summed E-state index contributed by atoms with van der Waals surface area (Å²) in [5.74, 6) is 0.630. The molecule has 0 radical (unpaired) electrons. The molecule has 0 atom stereocenters. The molecule has 0 fully saturated rings. The number of nitro benzene ring substituents is 1. The second kappa shape index (κ2) is 5.22. The van der Waals surface area contributed by atoms with Crippen molar-refractivity contribution in [3.63, 3.8) is 0 Å². The van der Waals surface area contributed by atoms with Crippen molar-refractivity contribution in [3.05, 3.63) is 33.9 Å². The van der Waals surface area contributed by atoms with E-state index >= 15 is 0 Å². The van der Waals surface area contributed by atoms with Crippen LogP contribution in [0.3, 0.4) is 0 Å². The topological polar surface area (TPSA) is 76.2 Å². The number of ether oxygens (including phenoxy) is 1. The maximum Gasteiger partial charge on any atom is 0.312 e. The van der Waals surface area contributed by atoms with Crippen LogP contribution in [0.15, 0.2) is 18.2 Å². The lowest BCUT2D eigenvalue weighted by Gasteiger charge is -2.04. The first-order valence-electron chi connectivity index (χ1n) is 4.11. The van der Waals surface area contributed by atoms with Gasteiger partial charge in [-0.2, -0.15) is 17.9 Å². The summed E-state index contributed by atoms with van der Waals surface area (Å²) < 4.78 is 5.12. The van der Waals surface area contributed by atoms with Crippen LogP contribution >= 0.6 is 12.6 Å². The van der Waals surface area contributed by atoms with Crippen LogP contribution in [0, 0.1) is 21.4 Å². The maximum absolute atomic E-state index is 10.7. The summed E-state index contributed by atoms with van der Waals surface area (Å²) in [5, 5.41) is 19.2. The smallest absolute Gasteiger partial charge is 0.312 e. The molecule has 1 aromatic carbocycles. The Labute approximate surface area is 91.8 Å². The van der Waals surface area contributed by atoms with Gasteiger partial charge in [0.25, 0.3) is 0 Å². The molecule has 0 aliphatic carbocycles. The predicted molar refractivity (Wildman–Crippen MR) is 57.2 cm³/mol. The molecule has 5 nitrogen and oxygen atoms in total. The molecule has 1 rings (SSSR count). The Morgan fingerprint density at radius 3 is 2.87 bits per heavy atom. The monoisotopic (exact) mass is 224 g/mol. The van der Waals surface area contributed by atoms with Gasteiger partial charge in [0.15, 0.2) is 5.75 Å². The third-order valence-electron chi connectivity index (χ3n) is 1.63. The van der Waals surface area contributed by atoms with E-state index in [9.17, 15) is 10.1 Å². The van der Waals surface area contributed by atoms with Crippen molar-refractivity contribution in [1.29, 1.82) is 5.26 Å². The lowest BCUT2D eigenvalue weighted by molar-refractivity contribution is -0.385. The van der Waals surface area contributed by atoms with Crippen LogP contribution in [0.1, 0.15) is 5.56 Å². The molecule has 6 heteroatoms. The van der Waals surface area contributed by atoms with Gasteiger partial charge in [-0.3, -0.25) is 10.1 Å². The zero-order chi connectivity index (χ0) is 11.3. The van der Waals surface area contributed by atoms with Crippen LogP contribution < -0.4 is 4.74 Å². The number of hydrogen-bond acceptors (Lipinski definition) is 5. The summed E-state index contributed by atoms with van der Waals surface area (Å²) in [4.78, 5) is 10.1. The van der Waals surface area contributed by atoms with Crippen molar-refractivity contribution in [2.75, 3.05) is 12.4 Å². The summed E-state index contributed by atoms with van der Waals surface area (Å²) in [7, 11) is 0. The quantitative estimate of drug-likeness (QED) is 0.480. The van der Waals surface area contributed by atoms with E-state index in [4.69, 9.17) is 10.00 Å². The molecule has 0 aliphatic rings. The van der Waals surface area contributed by atoms with E-state index < -0.39 is 4.92 Å². The van der Waals surface area contributed by atoms with Crippen molar-refractivity contribution < 1.29 is 9.66 Å². The lowest BCUT2D eigenvalue weighted by atomic mass is 10.2. The number of benzene rings is 1. The number of rotatable bonds is 4. The Morgan fingerprint density at radius 1 is 1.60 bits per heavy atom. The minimum absolute atomic E-state index is 0.160. The zero-order valence-corrected chi connectivity index (χ0v) is 8.61. The Bertz CT molecular complexity index is 414. The van der Waals surface area contributed by atoms with E-state index in [1.54, 1.807) is 0 Å². The van der Waals surface area contributed by atoms with Gasteiger partial charge >= 0.3 is 5.69 Å². The summed E-state index contributed by atoms with van der Waals surface area (Å²) in [5.41, 5.74) is 0.0377. The molecule has 0 spiro atoms. The molecule has 78 valence electrons. The minimum Gasteiger partial charge on any atom is -0.486 e. The summed E-state index contributed by atoms with van der Waals surface area (Å²) in [6, 6.07) is 5.91. The molecular weight excluding hydrogens is 216 g/mol. The number of nitro groups is 1. The van der Waals surface area contributed by atoms with Crippen LogP contribution in [0.2, 0.25) is 0 Å². The molecule has 0 heterocycles. The van der Waals surface area contributed by atoms with Gasteiger partial charge in [0.1, 0.15) is 0 Å². The van der Waals surface area contributed by atoms with E-state index in [0.717, 1.165) is 0 Å². The molecule has 0 saturated heterocycles. The second-order valence-electron chi connectivity index (χ2n) is 2.62. The average molecular weight is 224 g/mol. The van der Waals surface area contributed by atoms with Crippen LogP contribution in [0.5, 0.6) is 5.75 Å². The highest BCUT2D eigenvalue weighted by Gasteiger charge is 2.15. The van der Waals surface area contributed by atoms with Gasteiger partial charge in [-0.15, -0.1) is 0 Å². The van der Waals surface area contributed by atoms with Crippen LogP contribution in [-0.2, 0) is 0 Å². The fourth-order valence-corrected chi connectivity index (χ4v) is 1.10. The number of thiol groups is 1. The molecule has 0 amide bonds. The van der Waals surface area contributed by atoms with E-state index in [-0.39, 0.29) is 23.6 Å². The van der Waals surface area contributed by atoms with Crippen molar-refractivity contribution in [3.8, 4) is 11.8 Å². The highest BCUT2D eigenvalue weighted by molar-refractivity contribution is 7.80. The van der Waals surface area contributed by atoms with Crippen molar-refractivity contribution in [1.82, 2.24) is 0 Å². The average Bonchev–Trinajstić information content (AvgIpc) is 2.26. The largest absolute Gasteiger partial charge is 0.486 e. The fourth-order valence-electron chi connectivity index (χ4n) is 1.01. The molecule has 15 heavy (non-hydrogen) atoms. The number of hydrogen-bond donors (Lipinski definition) is 1. The summed E-state index contributed by atoms with van der Waals surface area (Å²) in [6.07, 6.45) is 0. The first kappa shape index (κ1) is 11.3. The third kappa shape index (κ3) is 2.86. The number of nitriles is 1. The lowest BCUT2D eigenvalue weighted by Crippen LogP contribution is -2.01. The SMILES string of the molecule is N#Cc1ccc(OCCS)c([N+](=O)[O-])c1. The van der Waals surface area contributed by atoms with E-state index in [1.807, 2.05) is 6.07 Å². The molecule has 1 aromatic rings. The maximum atomic E-state index is 10.7. The number of nitrogens with zero attached hydrogens (tertiary/aromatic N) is 2. The fraction of sp³-hybridized carbons (Fsp3) is 0.222. The summed E-state index contributed by atoms with van der Waals surface area (Å²) in [6.45, 7) is 0.288. The van der Waals surface area contributed by atoms with Gasteiger partial charge in [0, 0.05) is 11.8 Å². The second-order valence-corrected chi connectivity index (χ2v) is 3.07. The van der Waals surface area contributed by atoms with Gasteiger partial charge in [-0.1, -0.05) is 0 Å². The van der Waals surface area contributed by atoms with E-state index in [2.05, 4.69) is 12.6 Å². The highest BCUT2D eigenvalue weighted by Crippen LogP contribution is 2.27. The van der Waals surface area contributed by atoms with Crippen LogP contribution in [0.4, 0.5) is 5.69 Å². The normalized spacial score (nSPS) is 9.33. The third-order valence-corrected chi connectivity index (χ3v) is 1.82. The standard InChI is InChI=1S/C9H8N2O3S/c10-6-7-1-2-9(14-3-4-15)8(5-7)11(12)13/h1-2,5,15H,3-4H2. The minimum atomic E-state index is -0.575. The predicted octanol–water partition coefficient (Wildman–Crippen LogP) is 1.78. The van der Waals surface area contributed by atoms with Crippen LogP contribution in [0.25, 0.3) is 0 Å².